The summed E-state index contributed by atoms with van der Waals surface area (Å²) in [5, 5.41) is 3.84. The number of anilines is 1. The second-order valence-corrected chi connectivity index (χ2v) is 8.29. The van der Waals surface area contributed by atoms with E-state index in [-0.39, 0.29) is 17.6 Å². The zero-order valence-electron chi connectivity index (χ0n) is 18.6. The van der Waals surface area contributed by atoms with E-state index in [0.29, 0.717) is 17.9 Å². The Labute approximate surface area is 196 Å². The highest BCUT2D eigenvalue weighted by atomic mass is 19.1. The van der Waals surface area contributed by atoms with Crippen molar-refractivity contribution in [1.82, 2.24) is 15.0 Å². The van der Waals surface area contributed by atoms with Gasteiger partial charge in [-0.15, -0.1) is 0 Å². The molecule has 0 radical (unpaired) electrons. The van der Waals surface area contributed by atoms with Crippen LogP contribution in [-0.4, -0.2) is 20.9 Å². The van der Waals surface area contributed by atoms with E-state index in [2.05, 4.69) is 20.3 Å². The number of benzene rings is 2. The number of aromatic nitrogens is 3. The van der Waals surface area contributed by atoms with Crippen molar-refractivity contribution in [3.05, 3.63) is 103 Å². The van der Waals surface area contributed by atoms with E-state index in [1.165, 1.54) is 12.1 Å². The van der Waals surface area contributed by atoms with E-state index in [1.54, 1.807) is 24.5 Å². The topological polar surface area (TPSA) is 70.7 Å². The Bertz CT molecular complexity index is 1430. The molecular weight excluding hydrogens is 427 g/mol. The van der Waals surface area contributed by atoms with E-state index in [4.69, 9.17) is 0 Å². The lowest BCUT2D eigenvalue weighted by Crippen LogP contribution is -2.22. The van der Waals surface area contributed by atoms with Crippen molar-refractivity contribution in [3.63, 3.8) is 0 Å². The van der Waals surface area contributed by atoms with Crippen molar-refractivity contribution < 1.29 is 9.18 Å². The summed E-state index contributed by atoms with van der Waals surface area (Å²) in [6, 6.07) is 23.9. The van der Waals surface area contributed by atoms with Crippen LogP contribution >= 0.6 is 0 Å². The van der Waals surface area contributed by atoms with Crippen LogP contribution in [0.25, 0.3) is 33.4 Å². The summed E-state index contributed by atoms with van der Waals surface area (Å²) in [6.45, 7) is 1.91. The second kappa shape index (κ2) is 9.27. The number of hydrogen-bond acceptors (Lipinski definition) is 3. The molecule has 0 aliphatic heterocycles. The number of hydrogen-bond donors (Lipinski definition) is 2. The molecule has 0 saturated heterocycles. The lowest BCUT2D eigenvalue weighted by Gasteiger charge is -2.12. The molecule has 2 N–H and O–H groups in total. The number of halogens is 1. The smallest absolute Gasteiger partial charge is 0.228 e. The Balaban J connectivity index is 1.48. The molecule has 5 nitrogen and oxygen atoms in total. The molecule has 0 fully saturated rings. The molecule has 0 bridgehead atoms. The maximum atomic E-state index is 13.5. The molecule has 0 aliphatic rings. The zero-order valence-corrected chi connectivity index (χ0v) is 18.6. The molecule has 34 heavy (non-hydrogen) atoms. The van der Waals surface area contributed by atoms with E-state index < -0.39 is 0 Å². The van der Waals surface area contributed by atoms with Crippen LogP contribution in [0, 0.1) is 11.7 Å². The molecule has 5 aromatic rings. The van der Waals surface area contributed by atoms with Gasteiger partial charge in [-0.3, -0.25) is 9.78 Å². The summed E-state index contributed by atoms with van der Waals surface area (Å²) in [7, 11) is 0. The lowest BCUT2D eigenvalue weighted by molar-refractivity contribution is -0.119. The number of aromatic amines is 1. The summed E-state index contributed by atoms with van der Waals surface area (Å²) in [4.78, 5) is 25.0. The fraction of sp³-hybridized carbons (Fsp3) is 0.107. The highest BCUT2D eigenvalue weighted by molar-refractivity contribution is 6.03. The van der Waals surface area contributed by atoms with Crippen molar-refractivity contribution in [3.8, 4) is 22.4 Å². The molecule has 3 heterocycles. The fourth-order valence-electron chi connectivity index (χ4n) is 4.10. The minimum atomic E-state index is -0.293. The number of pyridine rings is 2. The Morgan fingerprint density at radius 2 is 1.68 bits per heavy atom. The molecule has 168 valence electrons. The lowest BCUT2D eigenvalue weighted by atomic mass is 9.99. The number of nitrogens with zero attached hydrogens (tertiary/aromatic N) is 2. The van der Waals surface area contributed by atoms with Gasteiger partial charge in [-0.1, -0.05) is 37.3 Å². The van der Waals surface area contributed by atoms with Gasteiger partial charge in [-0.25, -0.2) is 9.37 Å². The van der Waals surface area contributed by atoms with Crippen LogP contribution in [0.5, 0.6) is 0 Å². The fourth-order valence-corrected chi connectivity index (χ4v) is 4.10. The van der Waals surface area contributed by atoms with Crippen LogP contribution < -0.4 is 5.32 Å². The monoisotopic (exact) mass is 450 g/mol. The number of rotatable bonds is 6. The van der Waals surface area contributed by atoms with E-state index in [0.717, 1.165) is 33.3 Å². The van der Waals surface area contributed by atoms with Gasteiger partial charge in [0.1, 0.15) is 17.3 Å². The predicted octanol–water partition coefficient (Wildman–Crippen LogP) is 6.25. The number of amides is 1. The second-order valence-electron chi connectivity index (χ2n) is 8.29. The SMILES string of the molecule is C[C@H](Cc1ccccc1)C(=O)Nc1ccc2c(-c3ccncc3)c(-c3ccc(F)cc3)[nH]c2n1. The first-order valence-corrected chi connectivity index (χ1v) is 11.1. The highest BCUT2D eigenvalue weighted by Crippen LogP contribution is 2.38. The van der Waals surface area contributed by atoms with Gasteiger partial charge in [0.2, 0.25) is 5.91 Å². The molecule has 2 aromatic carbocycles. The maximum absolute atomic E-state index is 13.5. The van der Waals surface area contributed by atoms with Gasteiger partial charge in [-0.2, -0.15) is 0 Å². The Morgan fingerprint density at radius 1 is 0.941 bits per heavy atom. The standard InChI is InChI=1S/C28H23FN4O/c1-18(17-19-5-3-2-4-6-19)28(34)32-24-12-11-23-25(20-13-15-30-16-14-20)26(33-27(23)31-24)21-7-9-22(29)10-8-21/h2-16,18H,17H2,1H3,(H2,31,32,33,34)/t18-/m1/s1. The van der Waals surface area contributed by atoms with Gasteiger partial charge in [0.05, 0.1) is 5.69 Å². The maximum Gasteiger partial charge on any atom is 0.228 e. The van der Waals surface area contributed by atoms with Gasteiger partial charge in [0.15, 0.2) is 0 Å². The third-order valence-electron chi connectivity index (χ3n) is 5.84. The van der Waals surface area contributed by atoms with Gasteiger partial charge >= 0.3 is 0 Å². The Hall–Kier alpha value is -4.32. The van der Waals surface area contributed by atoms with Crippen molar-refractivity contribution >= 4 is 22.8 Å². The van der Waals surface area contributed by atoms with Crippen LogP contribution in [0.1, 0.15) is 12.5 Å². The first-order valence-electron chi connectivity index (χ1n) is 11.1. The van der Waals surface area contributed by atoms with Crippen LogP contribution in [0.15, 0.2) is 91.3 Å². The third kappa shape index (κ3) is 4.43. The summed E-state index contributed by atoms with van der Waals surface area (Å²) < 4.78 is 13.5. The van der Waals surface area contributed by atoms with Crippen molar-refractivity contribution in [2.75, 3.05) is 5.32 Å². The molecule has 0 unspecified atom stereocenters. The summed E-state index contributed by atoms with van der Waals surface area (Å²) in [5.41, 5.74) is 5.34. The molecule has 0 aliphatic carbocycles. The van der Waals surface area contributed by atoms with Crippen molar-refractivity contribution in [2.45, 2.75) is 13.3 Å². The van der Waals surface area contributed by atoms with Gasteiger partial charge in [0, 0.05) is 29.3 Å². The van der Waals surface area contributed by atoms with E-state index in [9.17, 15) is 9.18 Å². The molecular formula is C28H23FN4O. The minimum Gasteiger partial charge on any atom is -0.339 e. The van der Waals surface area contributed by atoms with E-state index >= 15 is 0 Å². The molecule has 1 atom stereocenters. The van der Waals surface area contributed by atoms with Gasteiger partial charge in [0.25, 0.3) is 0 Å². The zero-order chi connectivity index (χ0) is 23.5. The number of fused-ring (bicyclic) bond motifs is 1. The normalized spacial score (nSPS) is 11.9. The predicted molar refractivity (Wildman–Crippen MR) is 133 cm³/mol. The van der Waals surface area contributed by atoms with Crippen LogP contribution in [-0.2, 0) is 11.2 Å². The molecule has 5 rings (SSSR count). The summed E-state index contributed by atoms with van der Waals surface area (Å²) in [5.74, 6) is -0.107. The van der Waals surface area contributed by atoms with Crippen LogP contribution in [0.4, 0.5) is 10.2 Å². The average Bonchev–Trinajstić information content (AvgIpc) is 3.24. The number of carbonyl (C=O) groups excluding carboxylic acids is 1. The first kappa shape index (κ1) is 21.5. The number of carbonyl (C=O) groups is 1. The molecule has 6 heteroatoms. The molecule has 0 spiro atoms. The van der Waals surface area contributed by atoms with Crippen LogP contribution in [0.3, 0.4) is 0 Å². The number of nitrogens with one attached hydrogen (secondary N) is 2. The largest absolute Gasteiger partial charge is 0.339 e. The quantitative estimate of drug-likeness (QED) is 0.321. The average molecular weight is 451 g/mol. The molecule has 1 amide bonds. The molecule has 0 saturated carbocycles. The van der Waals surface area contributed by atoms with Crippen molar-refractivity contribution in [1.29, 1.82) is 0 Å². The van der Waals surface area contributed by atoms with Gasteiger partial charge in [-0.05, 0) is 71.6 Å². The minimum absolute atomic E-state index is 0.0876. The van der Waals surface area contributed by atoms with Crippen molar-refractivity contribution in [2.24, 2.45) is 5.92 Å². The van der Waals surface area contributed by atoms with E-state index in [1.807, 2.05) is 61.5 Å². The van der Waals surface area contributed by atoms with Crippen LogP contribution in [0.2, 0.25) is 0 Å². The molecule has 3 aromatic heterocycles. The summed E-state index contributed by atoms with van der Waals surface area (Å²) >= 11 is 0. The number of H-pyrrole nitrogens is 1. The van der Waals surface area contributed by atoms with Gasteiger partial charge < -0.3 is 10.3 Å². The first-order chi connectivity index (χ1) is 16.6. The Morgan fingerprint density at radius 3 is 2.41 bits per heavy atom. The highest BCUT2D eigenvalue weighted by Gasteiger charge is 2.18. The Kier molecular flexibility index (Phi) is 5.87. The third-order valence-corrected chi connectivity index (χ3v) is 5.84. The summed E-state index contributed by atoms with van der Waals surface area (Å²) in [6.07, 6.45) is 4.12.